The van der Waals surface area contributed by atoms with Gasteiger partial charge in [-0.05, 0) is 48.7 Å². The van der Waals surface area contributed by atoms with Crippen molar-refractivity contribution in [1.29, 1.82) is 0 Å². The minimum atomic E-state index is -0.652. The molecule has 2 aromatic rings. The third-order valence-electron chi connectivity index (χ3n) is 3.42. The monoisotopic (exact) mass is 367 g/mol. The molecule has 0 heterocycles. The van der Waals surface area contributed by atoms with Crippen LogP contribution in [-0.4, -0.2) is 6.61 Å². The third-order valence-corrected chi connectivity index (χ3v) is 4.22. The summed E-state index contributed by atoms with van der Waals surface area (Å²) < 4.78 is 6.54. The van der Waals surface area contributed by atoms with Crippen LogP contribution in [0.4, 0.5) is 0 Å². The molecule has 0 spiro atoms. The first-order valence-corrected chi connectivity index (χ1v) is 8.10. The van der Waals surface area contributed by atoms with Gasteiger partial charge in [-0.2, -0.15) is 0 Å². The first-order valence-electron chi connectivity index (χ1n) is 6.93. The highest BCUT2D eigenvalue weighted by atomic mass is 79.9. The molecule has 0 bridgehead atoms. The van der Waals surface area contributed by atoms with Crippen LogP contribution in [0.15, 0.2) is 46.9 Å². The molecule has 1 atom stereocenters. The fraction of sp³-hybridized carbons (Fsp3) is 0.294. The van der Waals surface area contributed by atoms with Crippen molar-refractivity contribution in [2.75, 3.05) is 6.61 Å². The summed E-state index contributed by atoms with van der Waals surface area (Å²) in [5.41, 5.74) is 7.76. The van der Waals surface area contributed by atoms with Crippen LogP contribution < -0.4 is 10.5 Å². The average Bonchev–Trinajstić information content (AvgIpc) is 2.45. The number of benzene rings is 2. The average molecular weight is 369 g/mol. The smallest absolute Gasteiger partial charge is 0.119 e. The van der Waals surface area contributed by atoms with Gasteiger partial charge in [0.25, 0.3) is 0 Å². The van der Waals surface area contributed by atoms with E-state index in [1.54, 1.807) is 0 Å². The quantitative estimate of drug-likeness (QED) is 0.795. The maximum Gasteiger partial charge on any atom is 0.119 e. The lowest BCUT2D eigenvalue weighted by atomic mass is 9.85. The van der Waals surface area contributed by atoms with Gasteiger partial charge in [0.15, 0.2) is 0 Å². The number of nitrogens with two attached hydrogens (primary N) is 1. The fourth-order valence-corrected chi connectivity index (χ4v) is 3.05. The van der Waals surface area contributed by atoms with Crippen LogP contribution in [0.2, 0.25) is 5.02 Å². The number of hydrogen-bond donors (Lipinski definition) is 1. The molecule has 2 aromatic carbocycles. The van der Waals surface area contributed by atoms with E-state index in [0.717, 1.165) is 34.4 Å². The molecule has 0 radical (unpaired) electrons. The van der Waals surface area contributed by atoms with Crippen LogP contribution in [0.5, 0.6) is 5.75 Å². The van der Waals surface area contributed by atoms with E-state index in [4.69, 9.17) is 22.1 Å². The van der Waals surface area contributed by atoms with Crippen molar-refractivity contribution in [3.05, 3.63) is 63.1 Å². The summed E-state index contributed by atoms with van der Waals surface area (Å²) in [6, 6.07) is 13.6. The van der Waals surface area contributed by atoms with Gasteiger partial charge in [-0.3, -0.25) is 0 Å². The van der Waals surface area contributed by atoms with Gasteiger partial charge in [0.1, 0.15) is 5.75 Å². The molecule has 0 amide bonds. The van der Waals surface area contributed by atoms with Crippen LogP contribution in [-0.2, 0) is 5.54 Å². The molecule has 0 aliphatic heterocycles. The Bertz CT molecular complexity index is 611. The Hall–Kier alpha value is -1.03. The Morgan fingerprint density at radius 1 is 1.19 bits per heavy atom. The molecule has 0 fully saturated rings. The third kappa shape index (κ3) is 3.79. The minimum Gasteiger partial charge on any atom is -0.494 e. The molecular formula is C17H19BrClNO. The molecule has 0 aliphatic carbocycles. The Balaban J connectivity index is 2.30. The molecule has 0 saturated heterocycles. The second-order valence-corrected chi connectivity index (χ2v) is 6.52. The molecule has 2 rings (SSSR count). The molecule has 0 saturated carbocycles. The van der Waals surface area contributed by atoms with E-state index >= 15 is 0 Å². The maximum absolute atomic E-state index is 6.52. The second-order valence-electron chi connectivity index (χ2n) is 5.20. The summed E-state index contributed by atoms with van der Waals surface area (Å²) >= 11 is 9.74. The van der Waals surface area contributed by atoms with Crippen molar-refractivity contribution in [3.63, 3.8) is 0 Å². The van der Waals surface area contributed by atoms with Crippen molar-refractivity contribution in [2.45, 2.75) is 25.8 Å². The lowest BCUT2D eigenvalue weighted by Gasteiger charge is -2.27. The number of ether oxygens (including phenoxy) is 1. The van der Waals surface area contributed by atoms with Crippen molar-refractivity contribution in [1.82, 2.24) is 0 Å². The van der Waals surface area contributed by atoms with Crippen molar-refractivity contribution in [3.8, 4) is 5.75 Å². The van der Waals surface area contributed by atoms with E-state index in [-0.39, 0.29) is 0 Å². The largest absolute Gasteiger partial charge is 0.494 e. The molecule has 21 heavy (non-hydrogen) atoms. The van der Waals surface area contributed by atoms with Crippen LogP contribution in [0.25, 0.3) is 0 Å². The summed E-state index contributed by atoms with van der Waals surface area (Å²) in [7, 11) is 0. The predicted molar refractivity (Wildman–Crippen MR) is 92.0 cm³/mol. The zero-order valence-electron chi connectivity index (χ0n) is 12.2. The zero-order valence-corrected chi connectivity index (χ0v) is 14.5. The highest BCUT2D eigenvalue weighted by molar-refractivity contribution is 9.10. The molecule has 2 N–H and O–H groups in total. The highest BCUT2D eigenvalue weighted by Gasteiger charge is 2.26. The Labute approximate surface area is 139 Å². The zero-order chi connectivity index (χ0) is 15.5. The van der Waals surface area contributed by atoms with Gasteiger partial charge in [-0.1, -0.05) is 52.7 Å². The summed E-state index contributed by atoms with van der Waals surface area (Å²) in [6.45, 7) is 4.77. The highest BCUT2D eigenvalue weighted by Crippen LogP contribution is 2.34. The lowest BCUT2D eigenvalue weighted by Crippen LogP contribution is -2.34. The van der Waals surface area contributed by atoms with Gasteiger partial charge >= 0.3 is 0 Å². The van der Waals surface area contributed by atoms with E-state index in [0.29, 0.717) is 5.02 Å². The molecular weight excluding hydrogens is 350 g/mol. The molecule has 0 aromatic heterocycles. The molecule has 2 nitrogen and oxygen atoms in total. The molecule has 112 valence electrons. The first-order chi connectivity index (χ1) is 9.95. The van der Waals surface area contributed by atoms with Gasteiger partial charge in [-0.15, -0.1) is 0 Å². The number of rotatable bonds is 5. The Morgan fingerprint density at radius 2 is 1.86 bits per heavy atom. The van der Waals surface area contributed by atoms with Gasteiger partial charge < -0.3 is 10.5 Å². The summed E-state index contributed by atoms with van der Waals surface area (Å²) in [5.74, 6) is 0.860. The molecule has 1 unspecified atom stereocenters. The topological polar surface area (TPSA) is 35.2 Å². The molecule has 4 heteroatoms. The Morgan fingerprint density at radius 3 is 2.43 bits per heavy atom. The standard InChI is InChI=1S/C17H19BrClNO/c1-3-10-21-14-7-4-12(5-8-14)17(2,20)15-9-6-13(18)11-16(15)19/h4-9,11H,3,10,20H2,1-2H3. The summed E-state index contributed by atoms with van der Waals surface area (Å²) in [6.07, 6.45) is 0.991. The first kappa shape index (κ1) is 16.3. The number of halogens is 2. The van der Waals surface area contributed by atoms with E-state index in [1.165, 1.54) is 0 Å². The fourth-order valence-electron chi connectivity index (χ4n) is 2.18. The normalized spacial score (nSPS) is 13.8. The van der Waals surface area contributed by atoms with Crippen molar-refractivity contribution >= 4 is 27.5 Å². The summed E-state index contributed by atoms with van der Waals surface area (Å²) in [4.78, 5) is 0. The van der Waals surface area contributed by atoms with E-state index in [9.17, 15) is 0 Å². The van der Waals surface area contributed by atoms with Crippen LogP contribution >= 0.6 is 27.5 Å². The summed E-state index contributed by atoms with van der Waals surface area (Å²) in [5, 5.41) is 0.653. The minimum absolute atomic E-state index is 0.652. The lowest BCUT2D eigenvalue weighted by molar-refractivity contribution is 0.317. The van der Waals surface area contributed by atoms with E-state index in [1.807, 2.05) is 49.4 Å². The van der Waals surface area contributed by atoms with Crippen molar-refractivity contribution in [2.24, 2.45) is 5.73 Å². The van der Waals surface area contributed by atoms with E-state index < -0.39 is 5.54 Å². The van der Waals surface area contributed by atoms with Crippen molar-refractivity contribution < 1.29 is 4.74 Å². The second kappa shape index (κ2) is 6.82. The van der Waals surface area contributed by atoms with Gasteiger partial charge in [-0.25, -0.2) is 0 Å². The SMILES string of the molecule is CCCOc1ccc(C(C)(N)c2ccc(Br)cc2Cl)cc1. The van der Waals surface area contributed by atoms with Gasteiger partial charge in [0.2, 0.25) is 0 Å². The van der Waals surface area contributed by atoms with Gasteiger partial charge in [0, 0.05) is 9.50 Å². The van der Waals surface area contributed by atoms with Gasteiger partial charge in [0.05, 0.1) is 12.1 Å². The van der Waals surface area contributed by atoms with E-state index in [2.05, 4.69) is 22.9 Å². The van der Waals surface area contributed by atoms with Crippen LogP contribution in [0.1, 0.15) is 31.4 Å². The maximum atomic E-state index is 6.52. The molecule has 0 aliphatic rings. The predicted octanol–water partition coefficient (Wildman–Crippen LogP) is 5.11. The number of hydrogen-bond acceptors (Lipinski definition) is 2. The Kier molecular flexibility index (Phi) is 5.31. The van der Waals surface area contributed by atoms with Crippen LogP contribution in [0.3, 0.4) is 0 Å². The van der Waals surface area contributed by atoms with Crippen LogP contribution in [0, 0.1) is 0 Å².